The zero-order valence-corrected chi connectivity index (χ0v) is 24.3. The van der Waals surface area contributed by atoms with Gasteiger partial charge in [-0.05, 0) is 40.2 Å². The summed E-state index contributed by atoms with van der Waals surface area (Å²) in [4.78, 5) is 4.83. The van der Waals surface area contributed by atoms with E-state index >= 15 is 0 Å². The van der Waals surface area contributed by atoms with Crippen LogP contribution in [0, 0.1) is 0 Å². The minimum Gasteiger partial charge on any atom is -0.307 e. The second kappa shape index (κ2) is 10.6. The highest BCUT2D eigenvalue weighted by molar-refractivity contribution is 14.2. The molecule has 0 radical (unpaired) electrons. The van der Waals surface area contributed by atoms with Crippen LogP contribution in [0.15, 0.2) is 83.6 Å². The number of hydrogen-bond acceptors (Lipinski definition) is 3. The van der Waals surface area contributed by atoms with E-state index in [2.05, 4.69) is 117 Å². The topological polar surface area (TPSA) is 3.24 Å². The Bertz CT molecular complexity index is 1610. The summed E-state index contributed by atoms with van der Waals surface area (Å²) in [5, 5.41) is 2.51. The van der Waals surface area contributed by atoms with E-state index in [-0.39, 0.29) is 0 Å². The van der Waals surface area contributed by atoms with Crippen molar-refractivity contribution in [3.63, 3.8) is 0 Å². The van der Waals surface area contributed by atoms with Crippen LogP contribution in [0.1, 0.15) is 34.7 Å². The van der Waals surface area contributed by atoms with Crippen LogP contribution in [-0.4, -0.2) is 8.53 Å². The second-order valence-corrected chi connectivity index (χ2v) is 14.2. The largest absolute Gasteiger partial charge is 0.307 e. The number of fused-ring (bicyclic) bond motifs is 2. The fraction of sp³-hybridized carbons (Fsp3) is 0.0625. The van der Waals surface area contributed by atoms with E-state index in [0.717, 1.165) is 0 Å². The van der Waals surface area contributed by atoms with Gasteiger partial charge in [-0.3, -0.25) is 0 Å². The fourth-order valence-corrected chi connectivity index (χ4v) is 9.13. The van der Waals surface area contributed by atoms with E-state index in [1.165, 1.54) is 58.1 Å². The van der Waals surface area contributed by atoms with Crippen molar-refractivity contribution in [3.8, 4) is 0 Å². The smallest absolute Gasteiger partial charge is 0.0641 e. The number of nitrogens with zero attached hydrogens (tertiary/aromatic N) is 1. The van der Waals surface area contributed by atoms with Gasteiger partial charge >= 0.3 is 0 Å². The summed E-state index contributed by atoms with van der Waals surface area (Å²) in [6, 6.07) is 13.3. The summed E-state index contributed by atoms with van der Waals surface area (Å²) in [5.74, 6) is 0. The molecule has 3 heterocycles. The van der Waals surface area contributed by atoms with Crippen molar-refractivity contribution in [1.82, 2.24) is 0 Å². The molecule has 0 aliphatic carbocycles. The van der Waals surface area contributed by atoms with Gasteiger partial charge in [0, 0.05) is 31.7 Å². The zero-order valence-electron chi connectivity index (χ0n) is 20.5. The summed E-state index contributed by atoms with van der Waals surface area (Å²) in [6.45, 7) is 12.3. The Balaban J connectivity index is 1.87. The molecule has 0 amide bonds. The summed E-state index contributed by atoms with van der Waals surface area (Å²) < 4.78 is 11.7. The van der Waals surface area contributed by atoms with E-state index in [1.807, 2.05) is 34.8 Å². The summed E-state index contributed by atoms with van der Waals surface area (Å²) in [6.07, 6.45) is 16.9. The molecule has 0 unspecified atom stereocenters. The van der Waals surface area contributed by atoms with E-state index in [0.29, 0.717) is 0 Å². The van der Waals surface area contributed by atoms with Gasteiger partial charge in [-0.15, -0.1) is 41.5 Å². The van der Waals surface area contributed by atoms with Gasteiger partial charge in [-0.2, -0.15) is 0 Å². The molecule has 0 N–H and O–H groups in total. The molecule has 180 valence electrons. The standard InChI is InChI=1S/C32H28INS2/c1-6-13-23-25-16-10-18-27(31(25)35-29(23)8-3)34(22-15-12-20-33(5)21-22)28-19-11-17-26-24(14-7-2)30(9-4)36-32(26)28/h6-21H,3-5H2,1-2H3/b13-6-,14-7-. The Labute approximate surface area is 227 Å². The number of anilines is 2. The van der Waals surface area contributed by atoms with Gasteiger partial charge < -0.3 is 4.90 Å². The normalized spacial score (nSPS) is 14.1. The highest BCUT2D eigenvalue weighted by Gasteiger charge is 2.23. The molecule has 0 fully saturated rings. The number of benzene rings is 2. The molecule has 2 aromatic carbocycles. The van der Waals surface area contributed by atoms with Crippen molar-refractivity contribution in [3.05, 3.63) is 105 Å². The van der Waals surface area contributed by atoms with Crippen molar-refractivity contribution in [2.75, 3.05) is 4.90 Å². The fourth-order valence-electron chi connectivity index (χ4n) is 4.59. The maximum atomic E-state index is 4.46. The van der Waals surface area contributed by atoms with E-state index in [4.69, 9.17) is 0 Å². The molecule has 1 aliphatic rings. The lowest BCUT2D eigenvalue weighted by Crippen LogP contribution is -2.15. The number of hydrogen-bond donors (Lipinski definition) is 0. The first-order valence-corrected chi connectivity index (χ1v) is 17.4. The van der Waals surface area contributed by atoms with Gasteiger partial charge in [0.05, 0.1) is 26.5 Å². The molecule has 1 aliphatic heterocycles. The van der Waals surface area contributed by atoms with Crippen LogP contribution in [0.3, 0.4) is 0 Å². The Morgan fingerprint density at radius 1 is 0.806 bits per heavy atom. The number of halogens is 1. The van der Waals surface area contributed by atoms with Crippen LogP contribution in [0.5, 0.6) is 0 Å². The third kappa shape index (κ3) is 4.27. The Morgan fingerprint density at radius 3 is 1.78 bits per heavy atom. The molecule has 0 bridgehead atoms. The average Bonchev–Trinajstić information content (AvgIpc) is 3.44. The van der Waals surface area contributed by atoms with Gasteiger partial charge in [-0.25, -0.2) is 0 Å². The lowest BCUT2D eigenvalue weighted by atomic mass is 10.1. The van der Waals surface area contributed by atoms with Crippen LogP contribution in [-0.2, 0) is 0 Å². The second-order valence-electron chi connectivity index (χ2n) is 8.26. The molecule has 4 aromatic rings. The quantitative estimate of drug-likeness (QED) is 0.187. The lowest BCUT2D eigenvalue weighted by molar-refractivity contribution is 1.25. The molecule has 0 spiro atoms. The number of rotatable bonds is 7. The third-order valence-electron chi connectivity index (χ3n) is 6.05. The Morgan fingerprint density at radius 2 is 1.33 bits per heavy atom. The molecule has 0 saturated carbocycles. The molecule has 2 aromatic heterocycles. The molecule has 1 nitrogen and oxygen atoms in total. The molecule has 0 saturated heterocycles. The van der Waals surface area contributed by atoms with Gasteiger partial charge in [0.25, 0.3) is 0 Å². The average molecular weight is 618 g/mol. The Kier molecular flexibility index (Phi) is 7.28. The van der Waals surface area contributed by atoms with Crippen molar-refractivity contribution in [1.29, 1.82) is 0 Å². The maximum absolute atomic E-state index is 4.46. The van der Waals surface area contributed by atoms with Crippen LogP contribution in [0.25, 0.3) is 44.5 Å². The van der Waals surface area contributed by atoms with E-state index in [1.54, 1.807) is 0 Å². The van der Waals surface area contributed by atoms with Crippen LogP contribution in [0.2, 0.25) is 0 Å². The van der Waals surface area contributed by atoms with Gasteiger partial charge in [0.15, 0.2) is 0 Å². The number of thiophene rings is 2. The van der Waals surface area contributed by atoms with Crippen LogP contribution in [0.4, 0.5) is 11.4 Å². The van der Waals surface area contributed by atoms with Crippen LogP contribution < -0.4 is 4.90 Å². The first-order chi connectivity index (χ1) is 17.6. The van der Waals surface area contributed by atoms with Crippen LogP contribution >= 0.6 is 41.5 Å². The molecule has 5 rings (SSSR count). The van der Waals surface area contributed by atoms with Crippen molar-refractivity contribution in [2.45, 2.75) is 13.8 Å². The summed E-state index contributed by atoms with van der Waals surface area (Å²) in [5.41, 5.74) is 6.04. The van der Waals surface area contributed by atoms with Crippen molar-refractivity contribution >= 4 is 106 Å². The van der Waals surface area contributed by atoms with E-state index < -0.39 is 18.9 Å². The molecule has 0 atom stereocenters. The zero-order chi connectivity index (χ0) is 25.2. The van der Waals surface area contributed by atoms with E-state index in [9.17, 15) is 0 Å². The Hall–Kier alpha value is -2.93. The van der Waals surface area contributed by atoms with Gasteiger partial charge in [0.2, 0.25) is 0 Å². The highest BCUT2D eigenvalue weighted by Crippen LogP contribution is 2.47. The first kappa shape index (κ1) is 24.8. The number of allylic oxidation sites excluding steroid dienone is 4. The molecule has 36 heavy (non-hydrogen) atoms. The third-order valence-corrected chi connectivity index (χ3v) is 11.3. The van der Waals surface area contributed by atoms with Crippen molar-refractivity contribution < 1.29 is 0 Å². The predicted molar refractivity (Wildman–Crippen MR) is 180 cm³/mol. The van der Waals surface area contributed by atoms with Gasteiger partial charge in [0.1, 0.15) is 0 Å². The lowest BCUT2D eigenvalue weighted by Gasteiger charge is -2.28. The minimum atomic E-state index is -1.52. The maximum Gasteiger partial charge on any atom is 0.0641 e. The monoisotopic (exact) mass is 617 g/mol. The highest BCUT2D eigenvalue weighted by atomic mass is 127. The van der Waals surface area contributed by atoms with Gasteiger partial charge in [-0.1, -0.05) is 84.5 Å². The molecular formula is C32H28INS2. The predicted octanol–water partition coefficient (Wildman–Crippen LogP) is 10.8. The minimum absolute atomic E-state index is 1.19. The first-order valence-electron chi connectivity index (χ1n) is 11.7. The SMILES string of the molecule is C=Cc1sc2c(N(C3=CI(=C)=CC=C3)c3cccc4c(/C=C\C)c(C=C)sc34)cccc2c1/C=C\C. The molecule has 4 heteroatoms. The summed E-state index contributed by atoms with van der Waals surface area (Å²) in [7, 11) is 0. The summed E-state index contributed by atoms with van der Waals surface area (Å²) >= 11 is 2.09. The molecular weight excluding hydrogens is 589 g/mol. The van der Waals surface area contributed by atoms with Crippen molar-refractivity contribution in [2.24, 2.45) is 0 Å².